The number of nitrogens with zero attached hydrogens (tertiary/aromatic N) is 2. The van der Waals surface area contributed by atoms with Crippen molar-refractivity contribution in [3.63, 3.8) is 0 Å². The quantitative estimate of drug-likeness (QED) is 0.912. The molecule has 1 aliphatic heterocycles. The number of likely N-dealkylation sites (N-methyl/N-ethyl adjacent to an activating group) is 1. The summed E-state index contributed by atoms with van der Waals surface area (Å²) in [7, 11) is 6.01. The smallest absolute Gasteiger partial charge is 0.119 e. The summed E-state index contributed by atoms with van der Waals surface area (Å²) >= 11 is 0. The number of ether oxygens (including phenoxy) is 1. The number of hydrogen-bond donors (Lipinski definition) is 1. The van der Waals surface area contributed by atoms with E-state index in [1.165, 1.54) is 25.1 Å². The van der Waals surface area contributed by atoms with E-state index in [4.69, 9.17) is 4.74 Å². The van der Waals surface area contributed by atoms with Gasteiger partial charge < -0.3 is 14.7 Å². The second-order valence-corrected chi connectivity index (χ2v) is 6.64. The molecule has 0 spiro atoms. The fraction of sp³-hybridized carbons (Fsp3) is 0.647. The predicted molar refractivity (Wildman–Crippen MR) is 83.7 cm³/mol. The number of likely N-dealkylation sites (tertiary alicyclic amines) is 1. The summed E-state index contributed by atoms with van der Waals surface area (Å²) in [6, 6.07) is 6.25. The molecule has 1 fully saturated rings. The standard InChI is InChI=1S/C17H26N2O2/c1-18-7-6-12(10-18)11-19(2)16-8-13-4-5-14(21-3)9-15(13)17(16)20/h4-5,9,12,16-17,20H,6-8,10-11H2,1-3H3. The van der Waals surface area contributed by atoms with E-state index in [0.717, 1.165) is 30.2 Å². The van der Waals surface area contributed by atoms with Gasteiger partial charge in [0.05, 0.1) is 13.2 Å². The van der Waals surface area contributed by atoms with Crippen LogP contribution in [0.4, 0.5) is 0 Å². The minimum Gasteiger partial charge on any atom is -0.497 e. The number of methoxy groups -OCH3 is 1. The molecule has 21 heavy (non-hydrogen) atoms. The third-order valence-electron chi connectivity index (χ3n) is 5.07. The molecule has 3 unspecified atom stereocenters. The molecule has 1 saturated heterocycles. The maximum atomic E-state index is 10.6. The lowest BCUT2D eigenvalue weighted by atomic mass is 10.1. The summed E-state index contributed by atoms with van der Waals surface area (Å²) in [6.07, 6.45) is 1.79. The molecule has 1 aliphatic carbocycles. The van der Waals surface area contributed by atoms with Crippen molar-refractivity contribution in [3.05, 3.63) is 29.3 Å². The molecule has 0 amide bonds. The Kier molecular flexibility index (Phi) is 4.20. The van der Waals surface area contributed by atoms with Crippen LogP contribution in [0.25, 0.3) is 0 Å². The molecule has 0 bridgehead atoms. The summed E-state index contributed by atoms with van der Waals surface area (Å²) in [6.45, 7) is 3.44. The van der Waals surface area contributed by atoms with Crippen molar-refractivity contribution in [1.82, 2.24) is 9.80 Å². The van der Waals surface area contributed by atoms with Gasteiger partial charge in [-0.1, -0.05) is 6.07 Å². The van der Waals surface area contributed by atoms with Crippen molar-refractivity contribution in [2.75, 3.05) is 40.8 Å². The Bertz CT molecular complexity index is 506. The Morgan fingerprint density at radius 2 is 2.24 bits per heavy atom. The van der Waals surface area contributed by atoms with Gasteiger partial charge in [0.15, 0.2) is 0 Å². The van der Waals surface area contributed by atoms with Crippen LogP contribution in [0.15, 0.2) is 18.2 Å². The van der Waals surface area contributed by atoms with Gasteiger partial charge in [0.25, 0.3) is 0 Å². The van der Waals surface area contributed by atoms with E-state index >= 15 is 0 Å². The molecule has 3 atom stereocenters. The molecule has 0 saturated carbocycles. The Morgan fingerprint density at radius 1 is 1.43 bits per heavy atom. The van der Waals surface area contributed by atoms with Gasteiger partial charge in [0, 0.05) is 19.1 Å². The third-order valence-corrected chi connectivity index (χ3v) is 5.07. The first-order valence-electron chi connectivity index (χ1n) is 7.82. The van der Waals surface area contributed by atoms with E-state index in [9.17, 15) is 5.11 Å². The maximum Gasteiger partial charge on any atom is 0.119 e. The van der Waals surface area contributed by atoms with Gasteiger partial charge >= 0.3 is 0 Å². The second kappa shape index (κ2) is 5.95. The highest BCUT2D eigenvalue weighted by atomic mass is 16.5. The summed E-state index contributed by atoms with van der Waals surface area (Å²) in [5.74, 6) is 1.55. The number of benzene rings is 1. The van der Waals surface area contributed by atoms with Crippen LogP contribution < -0.4 is 4.74 Å². The summed E-state index contributed by atoms with van der Waals surface area (Å²) in [4.78, 5) is 4.74. The highest BCUT2D eigenvalue weighted by molar-refractivity contribution is 5.41. The van der Waals surface area contributed by atoms with E-state index in [1.54, 1.807) is 7.11 Å². The zero-order chi connectivity index (χ0) is 15.0. The Balaban J connectivity index is 1.67. The fourth-order valence-corrected chi connectivity index (χ4v) is 3.82. The zero-order valence-electron chi connectivity index (χ0n) is 13.2. The number of rotatable bonds is 4. The van der Waals surface area contributed by atoms with Gasteiger partial charge in [0.2, 0.25) is 0 Å². The van der Waals surface area contributed by atoms with Gasteiger partial charge in [-0.05, 0) is 62.7 Å². The van der Waals surface area contributed by atoms with Gasteiger partial charge in [-0.2, -0.15) is 0 Å². The predicted octanol–water partition coefficient (Wildman–Crippen LogP) is 1.54. The molecule has 4 heteroatoms. The lowest BCUT2D eigenvalue weighted by Crippen LogP contribution is -2.38. The van der Waals surface area contributed by atoms with Crippen LogP contribution in [-0.2, 0) is 6.42 Å². The van der Waals surface area contributed by atoms with Crippen LogP contribution in [0, 0.1) is 5.92 Å². The van der Waals surface area contributed by atoms with Gasteiger partial charge in [0.1, 0.15) is 5.75 Å². The van der Waals surface area contributed by atoms with Crippen molar-refractivity contribution < 1.29 is 9.84 Å². The molecule has 3 rings (SSSR count). The lowest BCUT2D eigenvalue weighted by Gasteiger charge is -2.29. The normalized spacial score (nSPS) is 29.1. The van der Waals surface area contributed by atoms with Crippen LogP contribution in [-0.4, -0.2) is 61.8 Å². The van der Waals surface area contributed by atoms with E-state index < -0.39 is 6.10 Å². The monoisotopic (exact) mass is 290 g/mol. The molecular formula is C17H26N2O2. The molecular weight excluding hydrogens is 264 g/mol. The van der Waals surface area contributed by atoms with Crippen LogP contribution in [0.3, 0.4) is 0 Å². The van der Waals surface area contributed by atoms with Crippen LogP contribution in [0.5, 0.6) is 5.75 Å². The average Bonchev–Trinajstić information content (AvgIpc) is 3.02. The van der Waals surface area contributed by atoms with Crippen LogP contribution in [0.2, 0.25) is 0 Å². The van der Waals surface area contributed by atoms with Gasteiger partial charge in [-0.15, -0.1) is 0 Å². The molecule has 0 aromatic heterocycles. The van der Waals surface area contributed by atoms with Gasteiger partial charge in [-0.3, -0.25) is 4.90 Å². The highest BCUT2D eigenvalue weighted by Crippen LogP contribution is 2.36. The molecule has 1 aromatic carbocycles. The van der Waals surface area contributed by atoms with Crippen molar-refractivity contribution in [3.8, 4) is 5.75 Å². The Hall–Kier alpha value is -1.10. The largest absolute Gasteiger partial charge is 0.497 e. The molecule has 1 heterocycles. The molecule has 116 valence electrons. The van der Waals surface area contributed by atoms with E-state index in [-0.39, 0.29) is 6.04 Å². The first-order chi connectivity index (χ1) is 10.1. The third kappa shape index (κ3) is 2.93. The number of aliphatic hydroxyl groups excluding tert-OH is 1. The minimum absolute atomic E-state index is 0.193. The SMILES string of the molecule is COc1ccc2c(c1)C(O)C(N(C)CC1CCN(C)C1)C2. The van der Waals surface area contributed by atoms with E-state index in [1.807, 2.05) is 12.1 Å². The van der Waals surface area contributed by atoms with Crippen molar-refractivity contribution in [2.24, 2.45) is 5.92 Å². The first kappa shape index (κ1) is 14.8. The molecule has 1 aromatic rings. The second-order valence-electron chi connectivity index (χ2n) is 6.64. The van der Waals surface area contributed by atoms with Crippen molar-refractivity contribution >= 4 is 0 Å². The first-order valence-corrected chi connectivity index (χ1v) is 7.82. The Labute approximate surface area is 127 Å². The van der Waals surface area contributed by atoms with Crippen molar-refractivity contribution in [1.29, 1.82) is 0 Å². The fourth-order valence-electron chi connectivity index (χ4n) is 3.82. The summed E-state index contributed by atoms with van der Waals surface area (Å²) in [5.41, 5.74) is 2.29. The number of hydrogen-bond acceptors (Lipinski definition) is 4. The topological polar surface area (TPSA) is 35.9 Å². The zero-order valence-corrected chi connectivity index (χ0v) is 13.2. The van der Waals surface area contributed by atoms with Crippen LogP contribution in [0.1, 0.15) is 23.7 Å². The summed E-state index contributed by atoms with van der Waals surface area (Å²) in [5, 5.41) is 10.6. The van der Waals surface area contributed by atoms with Crippen LogP contribution >= 0.6 is 0 Å². The highest BCUT2D eigenvalue weighted by Gasteiger charge is 2.35. The van der Waals surface area contributed by atoms with Gasteiger partial charge in [-0.25, -0.2) is 0 Å². The van der Waals surface area contributed by atoms with Crippen molar-refractivity contribution in [2.45, 2.75) is 25.0 Å². The summed E-state index contributed by atoms with van der Waals surface area (Å²) < 4.78 is 5.27. The number of fused-ring (bicyclic) bond motifs is 1. The molecule has 1 N–H and O–H groups in total. The Morgan fingerprint density at radius 3 is 2.90 bits per heavy atom. The number of aliphatic hydroxyl groups is 1. The van der Waals surface area contributed by atoms with E-state index in [2.05, 4.69) is 30.0 Å². The van der Waals surface area contributed by atoms with E-state index in [0.29, 0.717) is 0 Å². The lowest BCUT2D eigenvalue weighted by molar-refractivity contribution is 0.0679. The molecule has 0 radical (unpaired) electrons. The molecule has 2 aliphatic rings. The molecule has 4 nitrogen and oxygen atoms in total. The average molecular weight is 290 g/mol. The maximum absolute atomic E-state index is 10.6. The minimum atomic E-state index is -0.403.